The van der Waals surface area contributed by atoms with Crippen LogP contribution in [0.4, 0.5) is 4.39 Å². The molecule has 3 rings (SSSR count). The number of nitrogens with two attached hydrogens (primary N) is 1. The molecule has 0 bridgehead atoms. The first kappa shape index (κ1) is 13.6. The Bertz CT molecular complexity index is 630. The van der Waals surface area contributed by atoms with Crippen molar-refractivity contribution in [3.8, 4) is 0 Å². The van der Waals surface area contributed by atoms with Crippen molar-refractivity contribution in [1.29, 1.82) is 0 Å². The van der Waals surface area contributed by atoms with Gasteiger partial charge in [-0.1, -0.05) is 35.9 Å². The number of hydrazine groups is 1. The summed E-state index contributed by atoms with van der Waals surface area (Å²) in [6.45, 7) is 0. The van der Waals surface area contributed by atoms with Gasteiger partial charge in [0.1, 0.15) is 5.82 Å². The van der Waals surface area contributed by atoms with Gasteiger partial charge in [0.05, 0.1) is 6.04 Å². The van der Waals surface area contributed by atoms with Crippen LogP contribution >= 0.6 is 11.6 Å². The first-order valence-corrected chi connectivity index (χ1v) is 7.07. The van der Waals surface area contributed by atoms with E-state index in [1.165, 1.54) is 23.3 Å². The molecule has 2 aromatic rings. The van der Waals surface area contributed by atoms with Gasteiger partial charge in [-0.25, -0.2) is 4.39 Å². The van der Waals surface area contributed by atoms with E-state index in [2.05, 4.69) is 17.6 Å². The Morgan fingerprint density at radius 2 is 2.05 bits per heavy atom. The predicted molar refractivity (Wildman–Crippen MR) is 79.0 cm³/mol. The van der Waals surface area contributed by atoms with Crippen LogP contribution in [-0.4, -0.2) is 0 Å². The summed E-state index contributed by atoms with van der Waals surface area (Å²) in [6, 6.07) is 12.6. The van der Waals surface area contributed by atoms with E-state index in [4.69, 9.17) is 17.4 Å². The van der Waals surface area contributed by atoms with Crippen molar-refractivity contribution >= 4 is 11.6 Å². The highest BCUT2D eigenvalue weighted by Crippen LogP contribution is 2.42. The van der Waals surface area contributed by atoms with Crippen molar-refractivity contribution in [2.45, 2.75) is 24.8 Å². The van der Waals surface area contributed by atoms with Gasteiger partial charge in [0.15, 0.2) is 0 Å². The summed E-state index contributed by atoms with van der Waals surface area (Å²) < 4.78 is 13.5. The number of rotatable bonds is 3. The quantitative estimate of drug-likeness (QED) is 0.668. The summed E-state index contributed by atoms with van der Waals surface area (Å²) in [4.78, 5) is 0. The highest BCUT2D eigenvalue weighted by molar-refractivity contribution is 6.31. The molecule has 3 N–H and O–H groups in total. The van der Waals surface area contributed by atoms with Crippen molar-refractivity contribution in [3.05, 3.63) is 70.0 Å². The summed E-state index contributed by atoms with van der Waals surface area (Å²) in [5.41, 5.74) is 6.15. The number of aryl methyl sites for hydroxylation is 1. The zero-order valence-corrected chi connectivity index (χ0v) is 11.7. The van der Waals surface area contributed by atoms with Crippen LogP contribution < -0.4 is 11.3 Å². The van der Waals surface area contributed by atoms with Gasteiger partial charge in [-0.05, 0) is 47.7 Å². The van der Waals surface area contributed by atoms with E-state index in [-0.39, 0.29) is 17.8 Å². The lowest BCUT2D eigenvalue weighted by Gasteiger charge is -2.25. The molecule has 1 aliphatic rings. The second-order valence-electron chi connectivity index (χ2n) is 5.15. The van der Waals surface area contributed by atoms with Gasteiger partial charge < -0.3 is 0 Å². The number of benzene rings is 2. The van der Waals surface area contributed by atoms with Gasteiger partial charge in [0.25, 0.3) is 0 Å². The maximum absolute atomic E-state index is 13.5. The molecule has 0 aliphatic heterocycles. The van der Waals surface area contributed by atoms with Crippen LogP contribution in [0.3, 0.4) is 0 Å². The van der Waals surface area contributed by atoms with E-state index in [0.717, 1.165) is 18.4 Å². The van der Waals surface area contributed by atoms with E-state index in [1.54, 1.807) is 6.07 Å². The van der Waals surface area contributed by atoms with Crippen molar-refractivity contribution in [1.82, 2.24) is 5.43 Å². The Kier molecular flexibility index (Phi) is 3.74. The molecule has 1 aliphatic carbocycles. The van der Waals surface area contributed by atoms with Crippen LogP contribution in [0, 0.1) is 5.82 Å². The molecule has 0 saturated heterocycles. The zero-order valence-electron chi connectivity index (χ0n) is 10.9. The number of nitrogens with one attached hydrogen (secondary N) is 1. The van der Waals surface area contributed by atoms with Crippen molar-refractivity contribution in [2.75, 3.05) is 0 Å². The third-order valence-corrected chi connectivity index (χ3v) is 4.40. The van der Waals surface area contributed by atoms with Crippen LogP contribution in [0.5, 0.6) is 0 Å². The molecule has 20 heavy (non-hydrogen) atoms. The second kappa shape index (κ2) is 5.52. The van der Waals surface area contributed by atoms with E-state index >= 15 is 0 Å². The summed E-state index contributed by atoms with van der Waals surface area (Å²) in [5.74, 6) is 5.65. The largest absolute Gasteiger partial charge is 0.271 e. The van der Waals surface area contributed by atoms with Gasteiger partial charge in [0.2, 0.25) is 0 Å². The fraction of sp³-hybridized carbons (Fsp3) is 0.250. The van der Waals surface area contributed by atoms with E-state index in [1.807, 2.05) is 12.1 Å². The minimum Gasteiger partial charge on any atom is -0.271 e. The van der Waals surface area contributed by atoms with Gasteiger partial charge in [-0.15, -0.1) is 0 Å². The van der Waals surface area contributed by atoms with Gasteiger partial charge in [-0.2, -0.15) is 0 Å². The van der Waals surface area contributed by atoms with Crippen LogP contribution in [0.25, 0.3) is 0 Å². The van der Waals surface area contributed by atoms with Crippen LogP contribution in [0.15, 0.2) is 42.5 Å². The maximum Gasteiger partial charge on any atom is 0.123 e. The SMILES string of the molecule is NNC(c1cc(F)ccc1Cl)C1CCc2ccccc21. The Balaban J connectivity index is 2.01. The Labute approximate surface area is 122 Å². The Morgan fingerprint density at radius 3 is 2.85 bits per heavy atom. The monoisotopic (exact) mass is 290 g/mol. The first-order valence-electron chi connectivity index (χ1n) is 6.69. The molecule has 0 spiro atoms. The lowest BCUT2D eigenvalue weighted by atomic mass is 9.88. The third kappa shape index (κ3) is 2.33. The fourth-order valence-corrected chi connectivity index (χ4v) is 3.35. The number of hydrogen-bond acceptors (Lipinski definition) is 2. The molecule has 2 unspecified atom stereocenters. The lowest BCUT2D eigenvalue weighted by molar-refractivity contribution is 0.450. The van der Waals surface area contributed by atoms with E-state index in [9.17, 15) is 4.39 Å². The molecule has 4 heteroatoms. The second-order valence-corrected chi connectivity index (χ2v) is 5.56. The lowest BCUT2D eigenvalue weighted by Crippen LogP contribution is -2.32. The van der Waals surface area contributed by atoms with Crippen molar-refractivity contribution < 1.29 is 4.39 Å². The summed E-state index contributed by atoms with van der Waals surface area (Å²) in [6.07, 6.45) is 2.01. The molecule has 104 valence electrons. The highest BCUT2D eigenvalue weighted by Gasteiger charge is 2.31. The molecular formula is C16H16ClFN2. The van der Waals surface area contributed by atoms with Gasteiger partial charge in [-0.3, -0.25) is 11.3 Å². The molecule has 0 radical (unpaired) electrons. The van der Waals surface area contributed by atoms with Gasteiger partial charge in [0, 0.05) is 10.9 Å². The average Bonchev–Trinajstić information content (AvgIpc) is 2.88. The highest BCUT2D eigenvalue weighted by atomic mass is 35.5. The average molecular weight is 291 g/mol. The van der Waals surface area contributed by atoms with E-state index < -0.39 is 0 Å². The summed E-state index contributed by atoms with van der Waals surface area (Å²) in [5, 5.41) is 0.540. The van der Waals surface area contributed by atoms with Gasteiger partial charge >= 0.3 is 0 Å². The maximum atomic E-state index is 13.5. The van der Waals surface area contributed by atoms with Crippen LogP contribution in [0.2, 0.25) is 5.02 Å². The first-order chi connectivity index (χ1) is 9.70. The number of hydrogen-bond donors (Lipinski definition) is 2. The fourth-order valence-electron chi connectivity index (χ4n) is 3.11. The topological polar surface area (TPSA) is 38.0 Å². The smallest absolute Gasteiger partial charge is 0.123 e. The molecule has 0 fully saturated rings. The molecular weight excluding hydrogens is 275 g/mol. The minimum absolute atomic E-state index is 0.179. The normalized spacial score (nSPS) is 18.9. The van der Waals surface area contributed by atoms with Crippen LogP contribution in [-0.2, 0) is 6.42 Å². The molecule has 2 aromatic carbocycles. The standard InChI is InChI=1S/C16H16ClFN2/c17-15-8-6-11(18)9-14(15)16(20-19)13-7-5-10-3-1-2-4-12(10)13/h1-4,6,8-9,13,16,20H,5,7,19H2. The Hall–Kier alpha value is -1.42. The molecule has 0 amide bonds. The Morgan fingerprint density at radius 1 is 1.25 bits per heavy atom. The molecule has 0 aromatic heterocycles. The number of halogens is 2. The predicted octanol–water partition coefficient (Wildman–Crippen LogP) is 3.71. The van der Waals surface area contributed by atoms with E-state index in [0.29, 0.717) is 5.02 Å². The van der Waals surface area contributed by atoms with Crippen molar-refractivity contribution in [3.63, 3.8) is 0 Å². The third-order valence-electron chi connectivity index (χ3n) is 4.05. The molecule has 0 heterocycles. The van der Waals surface area contributed by atoms with Crippen LogP contribution in [0.1, 0.15) is 35.1 Å². The van der Waals surface area contributed by atoms with Crippen molar-refractivity contribution in [2.24, 2.45) is 5.84 Å². The minimum atomic E-state index is -0.295. The number of fused-ring (bicyclic) bond motifs is 1. The summed E-state index contributed by atoms with van der Waals surface area (Å²) >= 11 is 6.21. The molecule has 2 atom stereocenters. The zero-order chi connectivity index (χ0) is 14.1. The molecule has 0 saturated carbocycles. The molecule has 2 nitrogen and oxygen atoms in total. The summed E-state index contributed by atoms with van der Waals surface area (Å²) in [7, 11) is 0.